The van der Waals surface area contributed by atoms with Crippen molar-refractivity contribution >= 4 is 27.5 Å². The number of carbonyl (C=O) groups excluding carboxylic acids is 1. The van der Waals surface area contributed by atoms with Gasteiger partial charge >= 0.3 is 0 Å². The molecule has 2 N–H and O–H groups in total. The Morgan fingerprint density at radius 3 is 2.85 bits per heavy atom. The summed E-state index contributed by atoms with van der Waals surface area (Å²) >= 11 is 3.27. The van der Waals surface area contributed by atoms with Gasteiger partial charge in [0.1, 0.15) is 5.82 Å². The molecule has 1 aromatic rings. The molecule has 0 bridgehead atoms. The molecular weight excluding hydrogens is 323 g/mol. The van der Waals surface area contributed by atoms with Crippen LogP contribution in [0.4, 0.5) is 10.1 Å². The fourth-order valence-electron chi connectivity index (χ4n) is 2.53. The molecule has 1 aliphatic rings. The number of nitrogens with one attached hydrogen (secondary N) is 2. The number of rotatable bonds is 3. The third-order valence-corrected chi connectivity index (χ3v) is 4.74. The SMILES string of the molecule is CC(C)(C(=O)Nc1ccc(F)cc1Br)C1CCCNC1. The van der Waals surface area contributed by atoms with Crippen molar-refractivity contribution in [2.45, 2.75) is 26.7 Å². The predicted molar refractivity (Wildman–Crippen MR) is 82.1 cm³/mol. The van der Waals surface area contributed by atoms with Crippen LogP contribution in [0.2, 0.25) is 0 Å². The van der Waals surface area contributed by atoms with Crippen molar-refractivity contribution in [3.05, 3.63) is 28.5 Å². The number of piperidine rings is 1. The molecule has 5 heteroatoms. The van der Waals surface area contributed by atoms with Crippen molar-refractivity contribution in [1.82, 2.24) is 5.32 Å². The van der Waals surface area contributed by atoms with E-state index in [0.717, 1.165) is 25.9 Å². The van der Waals surface area contributed by atoms with E-state index in [1.54, 1.807) is 6.07 Å². The lowest BCUT2D eigenvalue weighted by atomic mass is 9.74. The molecule has 1 fully saturated rings. The maximum atomic E-state index is 13.1. The standard InChI is InChI=1S/C15H20BrFN2O/c1-15(2,10-4-3-7-18-9-10)14(20)19-13-6-5-11(17)8-12(13)16/h5-6,8,10,18H,3-4,7,9H2,1-2H3,(H,19,20). The molecule has 0 aliphatic carbocycles. The number of benzene rings is 1. The summed E-state index contributed by atoms with van der Waals surface area (Å²) in [5.41, 5.74) is 0.148. The summed E-state index contributed by atoms with van der Waals surface area (Å²) < 4.78 is 13.6. The Morgan fingerprint density at radius 1 is 1.50 bits per heavy atom. The molecule has 20 heavy (non-hydrogen) atoms. The lowest BCUT2D eigenvalue weighted by Gasteiger charge is -2.36. The van der Waals surface area contributed by atoms with E-state index in [9.17, 15) is 9.18 Å². The third-order valence-electron chi connectivity index (χ3n) is 4.08. The maximum absolute atomic E-state index is 13.1. The molecule has 110 valence electrons. The van der Waals surface area contributed by atoms with Gasteiger partial charge in [0.05, 0.1) is 5.69 Å². The summed E-state index contributed by atoms with van der Waals surface area (Å²) in [6.45, 7) is 5.83. The van der Waals surface area contributed by atoms with Gasteiger partial charge in [-0.25, -0.2) is 4.39 Å². The molecule has 0 spiro atoms. The summed E-state index contributed by atoms with van der Waals surface area (Å²) in [6.07, 6.45) is 2.15. The summed E-state index contributed by atoms with van der Waals surface area (Å²) in [5.74, 6) is -0.0420. The summed E-state index contributed by atoms with van der Waals surface area (Å²) in [7, 11) is 0. The van der Waals surface area contributed by atoms with Crippen LogP contribution in [0.3, 0.4) is 0 Å². The van der Waals surface area contributed by atoms with Gasteiger partial charge in [0.2, 0.25) is 5.91 Å². The first-order valence-electron chi connectivity index (χ1n) is 6.88. The highest BCUT2D eigenvalue weighted by Gasteiger charge is 2.37. The molecule has 1 saturated heterocycles. The van der Waals surface area contributed by atoms with Crippen LogP contribution in [0, 0.1) is 17.2 Å². The first kappa shape index (κ1) is 15.4. The van der Waals surface area contributed by atoms with E-state index in [2.05, 4.69) is 26.6 Å². The van der Waals surface area contributed by atoms with Gasteiger partial charge in [-0.3, -0.25) is 4.79 Å². The first-order valence-corrected chi connectivity index (χ1v) is 7.68. The molecule has 2 rings (SSSR count). The quantitative estimate of drug-likeness (QED) is 0.881. The number of amides is 1. The molecule has 0 saturated carbocycles. The second-order valence-electron chi connectivity index (χ2n) is 5.84. The van der Waals surface area contributed by atoms with Crippen LogP contribution in [-0.2, 0) is 4.79 Å². The van der Waals surface area contributed by atoms with Crippen molar-refractivity contribution in [2.24, 2.45) is 11.3 Å². The summed E-state index contributed by atoms with van der Waals surface area (Å²) in [5, 5.41) is 6.23. The number of hydrogen-bond donors (Lipinski definition) is 2. The molecule has 3 nitrogen and oxygen atoms in total. The van der Waals surface area contributed by atoms with E-state index in [1.807, 2.05) is 13.8 Å². The molecule has 1 unspecified atom stereocenters. The number of halogens is 2. The van der Waals surface area contributed by atoms with E-state index < -0.39 is 5.41 Å². The first-order chi connectivity index (χ1) is 9.41. The Hall–Kier alpha value is -0.940. The topological polar surface area (TPSA) is 41.1 Å². The van der Waals surface area contributed by atoms with Crippen LogP contribution < -0.4 is 10.6 Å². The van der Waals surface area contributed by atoms with Gasteiger partial charge in [-0.05, 0) is 66.0 Å². The fourth-order valence-corrected chi connectivity index (χ4v) is 2.98. The van der Waals surface area contributed by atoms with Gasteiger partial charge in [0, 0.05) is 9.89 Å². The van der Waals surface area contributed by atoms with Gasteiger partial charge in [0.25, 0.3) is 0 Å². The van der Waals surface area contributed by atoms with Crippen molar-refractivity contribution in [3.63, 3.8) is 0 Å². The van der Waals surface area contributed by atoms with Crippen LogP contribution in [0.5, 0.6) is 0 Å². The van der Waals surface area contributed by atoms with E-state index in [4.69, 9.17) is 0 Å². The summed E-state index contributed by atoms with van der Waals surface area (Å²) in [4.78, 5) is 12.5. The molecule has 1 aromatic carbocycles. The largest absolute Gasteiger partial charge is 0.325 e. The lowest BCUT2D eigenvalue weighted by molar-refractivity contribution is -0.127. The molecule has 0 aromatic heterocycles. The maximum Gasteiger partial charge on any atom is 0.230 e. The number of anilines is 1. The summed E-state index contributed by atoms with van der Waals surface area (Å²) in [6, 6.07) is 4.27. The zero-order valence-electron chi connectivity index (χ0n) is 11.8. The highest BCUT2D eigenvalue weighted by molar-refractivity contribution is 9.10. The highest BCUT2D eigenvalue weighted by atomic mass is 79.9. The zero-order valence-corrected chi connectivity index (χ0v) is 13.4. The van der Waals surface area contributed by atoms with E-state index >= 15 is 0 Å². The molecule has 1 atom stereocenters. The fraction of sp³-hybridized carbons (Fsp3) is 0.533. The van der Waals surface area contributed by atoms with E-state index in [0.29, 0.717) is 16.1 Å². The monoisotopic (exact) mass is 342 g/mol. The predicted octanol–water partition coefficient (Wildman–Crippen LogP) is 3.55. The van der Waals surface area contributed by atoms with Crippen molar-refractivity contribution in [2.75, 3.05) is 18.4 Å². The molecule has 1 heterocycles. The zero-order chi connectivity index (χ0) is 14.8. The highest BCUT2D eigenvalue weighted by Crippen LogP contribution is 2.34. The average molecular weight is 343 g/mol. The Morgan fingerprint density at radius 2 is 2.25 bits per heavy atom. The van der Waals surface area contributed by atoms with Crippen LogP contribution in [0.25, 0.3) is 0 Å². The Bertz CT molecular complexity index is 499. The Kier molecular flexibility index (Phi) is 4.81. The van der Waals surface area contributed by atoms with E-state index in [1.165, 1.54) is 12.1 Å². The Labute approximate surface area is 127 Å². The van der Waals surface area contributed by atoms with Gasteiger partial charge in [-0.1, -0.05) is 13.8 Å². The second kappa shape index (κ2) is 6.22. The minimum Gasteiger partial charge on any atom is -0.325 e. The van der Waals surface area contributed by atoms with Crippen LogP contribution in [0.1, 0.15) is 26.7 Å². The Balaban J connectivity index is 2.09. The molecule has 0 radical (unpaired) electrons. The molecule has 1 amide bonds. The van der Waals surface area contributed by atoms with Crippen LogP contribution in [0.15, 0.2) is 22.7 Å². The molecular formula is C15H20BrFN2O. The van der Waals surface area contributed by atoms with Crippen molar-refractivity contribution in [3.8, 4) is 0 Å². The van der Waals surface area contributed by atoms with Gasteiger partial charge < -0.3 is 10.6 Å². The smallest absolute Gasteiger partial charge is 0.230 e. The van der Waals surface area contributed by atoms with Gasteiger partial charge in [-0.2, -0.15) is 0 Å². The second-order valence-corrected chi connectivity index (χ2v) is 6.70. The van der Waals surface area contributed by atoms with Crippen molar-refractivity contribution < 1.29 is 9.18 Å². The average Bonchev–Trinajstić information content (AvgIpc) is 2.42. The van der Waals surface area contributed by atoms with E-state index in [-0.39, 0.29) is 11.7 Å². The minimum atomic E-state index is -0.457. The number of carbonyl (C=O) groups is 1. The van der Waals surface area contributed by atoms with Crippen LogP contribution in [-0.4, -0.2) is 19.0 Å². The third kappa shape index (κ3) is 3.38. The van der Waals surface area contributed by atoms with Gasteiger partial charge in [0.15, 0.2) is 0 Å². The minimum absolute atomic E-state index is 0.0292. The van der Waals surface area contributed by atoms with Crippen molar-refractivity contribution in [1.29, 1.82) is 0 Å². The lowest BCUT2D eigenvalue weighted by Crippen LogP contribution is -2.44. The van der Waals surface area contributed by atoms with Gasteiger partial charge in [-0.15, -0.1) is 0 Å². The molecule has 1 aliphatic heterocycles. The normalized spacial score (nSPS) is 19.7. The number of hydrogen-bond acceptors (Lipinski definition) is 2. The van der Waals surface area contributed by atoms with Crippen LogP contribution >= 0.6 is 15.9 Å².